The molecule has 3 N–H and O–H groups in total. The number of nitrogen functional groups attached to an aromatic ring is 1. The smallest absolute Gasteiger partial charge is 0.251 e. The lowest BCUT2D eigenvalue weighted by molar-refractivity contribution is -0.0175. The van der Waals surface area contributed by atoms with Crippen LogP contribution >= 0.6 is 0 Å². The van der Waals surface area contributed by atoms with Gasteiger partial charge >= 0.3 is 0 Å². The average Bonchev–Trinajstić information content (AvgIpc) is 2.72. The number of morpholine rings is 1. The van der Waals surface area contributed by atoms with E-state index in [1.54, 1.807) is 12.3 Å². The predicted octanol–water partition coefficient (Wildman–Crippen LogP) is 2.54. The molecule has 0 bridgehead atoms. The van der Waals surface area contributed by atoms with Gasteiger partial charge in [0.15, 0.2) is 0 Å². The third-order valence-corrected chi connectivity index (χ3v) is 5.07. The largest absolute Gasteiger partial charge is 0.398 e. The third kappa shape index (κ3) is 3.98. The fourth-order valence-electron chi connectivity index (χ4n) is 3.49. The van der Waals surface area contributed by atoms with Crippen LogP contribution in [0.15, 0.2) is 54.7 Å². The molecule has 6 heteroatoms. The maximum Gasteiger partial charge on any atom is 0.251 e. The summed E-state index contributed by atoms with van der Waals surface area (Å²) in [5.74, 6) is -0.0966. The van der Waals surface area contributed by atoms with Gasteiger partial charge in [0.1, 0.15) is 0 Å². The molecule has 1 atom stereocenters. The first-order valence-electron chi connectivity index (χ1n) is 9.43. The summed E-state index contributed by atoms with van der Waals surface area (Å²) in [7, 11) is 2.06. The van der Waals surface area contributed by atoms with Crippen molar-refractivity contribution in [1.29, 1.82) is 0 Å². The first-order chi connectivity index (χ1) is 13.6. The number of carbonyl (C=O) groups is 1. The standard InChI is InChI=1S/C22H24N4O2/c1-26-9-10-28-18(14-26)13-25-22(27)17-4-2-3-15(11-17)16-5-6-21-19(12-16)20(23)7-8-24-21/h2-8,11-12,18H,9-10,13-14H2,1H3,(H2,23,24)(H,25,27)/t18-/m0/s1. The molecule has 1 aromatic heterocycles. The van der Waals surface area contributed by atoms with Gasteiger partial charge < -0.3 is 20.7 Å². The maximum absolute atomic E-state index is 12.6. The van der Waals surface area contributed by atoms with Crippen LogP contribution in [0.2, 0.25) is 0 Å². The lowest BCUT2D eigenvalue weighted by Gasteiger charge is -2.30. The number of rotatable bonds is 4. The molecule has 1 saturated heterocycles. The molecule has 0 spiro atoms. The number of amides is 1. The van der Waals surface area contributed by atoms with Gasteiger partial charge in [0.25, 0.3) is 5.91 Å². The Hall–Kier alpha value is -2.96. The van der Waals surface area contributed by atoms with E-state index in [0.29, 0.717) is 24.4 Å². The molecule has 0 unspecified atom stereocenters. The molecule has 0 saturated carbocycles. The van der Waals surface area contributed by atoms with Gasteiger partial charge in [-0.05, 0) is 48.5 Å². The number of carbonyl (C=O) groups excluding carboxylic acids is 1. The number of likely N-dealkylation sites (N-methyl/N-ethyl adjacent to an activating group) is 1. The highest BCUT2D eigenvalue weighted by Crippen LogP contribution is 2.27. The van der Waals surface area contributed by atoms with Gasteiger partial charge in [0, 0.05) is 42.5 Å². The second-order valence-corrected chi connectivity index (χ2v) is 7.18. The number of aromatic nitrogens is 1. The summed E-state index contributed by atoms with van der Waals surface area (Å²) >= 11 is 0. The predicted molar refractivity (Wildman–Crippen MR) is 111 cm³/mol. The topological polar surface area (TPSA) is 80.5 Å². The van der Waals surface area contributed by atoms with Crippen molar-refractivity contribution in [3.8, 4) is 11.1 Å². The molecule has 2 aromatic carbocycles. The van der Waals surface area contributed by atoms with Crippen LogP contribution in [0.1, 0.15) is 10.4 Å². The highest BCUT2D eigenvalue weighted by atomic mass is 16.5. The number of ether oxygens (including phenoxy) is 1. The molecular formula is C22H24N4O2. The summed E-state index contributed by atoms with van der Waals surface area (Å²) in [6, 6.07) is 15.4. The fraction of sp³-hybridized carbons (Fsp3) is 0.273. The van der Waals surface area contributed by atoms with Crippen molar-refractivity contribution in [1.82, 2.24) is 15.2 Å². The van der Waals surface area contributed by atoms with E-state index in [-0.39, 0.29) is 12.0 Å². The van der Waals surface area contributed by atoms with Crippen LogP contribution in [0, 0.1) is 0 Å². The van der Waals surface area contributed by atoms with Crippen molar-refractivity contribution < 1.29 is 9.53 Å². The summed E-state index contributed by atoms with van der Waals surface area (Å²) in [5, 5.41) is 3.90. The summed E-state index contributed by atoms with van der Waals surface area (Å²) in [6.45, 7) is 2.96. The molecular weight excluding hydrogens is 352 g/mol. The number of hydrogen-bond donors (Lipinski definition) is 2. The van der Waals surface area contributed by atoms with E-state index in [0.717, 1.165) is 35.1 Å². The summed E-state index contributed by atoms with van der Waals surface area (Å²) < 4.78 is 5.71. The molecule has 1 aliphatic heterocycles. The molecule has 1 amide bonds. The van der Waals surface area contributed by atoms with E-state index in [1.807, 2.05) is 42.5 Å². The minimum atomic E-state index is -0.0966. The SMILES string of the molecule is CN1CCO[C@@H](CNC(=O)c2cccc(-c3ccc4nccc(N)c4c3)c2)C1. The first-order valence-corrected chi connectivity index (χ1v) is 9.43. The number of benzene rings is 2. The lowest BCUT2D eigenvalue weighted by atomic mass is 10.0. The molecule has 3 aromatic rings. The normalized spacial score (nSPS) is 17.5. The van der Waals surface area contributed by atoms with Gasteiger partial charge in [0.2, 0.25) is 0 Å². The Morgan fingerprint density at radius 3 is 2.96 bits per heavy atom. The van der Waals surface area contributed by atoms with E-state index in [4.69, 9.17) is 10.5 Å². The molecule has 0 aliphatic carbocycles. The van der Waals surface area contributed by atoms with E-state index in [1.165, 1.54) is 0 Å². The minimum absolute atomic E-state index is 0.0295. The lowest BCUT2D eigenvalue weighted by Crippen LogP contribution is -2.45. The Bertz CT molecular complexity index is 1000. The monoisotopic (exact) mass is 376 g/mol. The van der Waals surface area contributed by atoms with Gasteiger partial charge in [-0.3, -0.25) is 9.78 Å². The van der Waals surface area contributed by atoms with Crippen LogP contribution in [0.4, 0.5) is 5.69 Å². The van der Waals surface area contributed by atoms with E-state index < -0.39 is 0 Å². The van der Waals surface area contributed by atoms with Crippen molar-refractivity contribution in [2.45, 2.75) is 6.10 Å². The van der Waals surface area contributed by atoms with Crippen molar-refractivity contribution in [3.05, 3.63) is 60.3 Å². The maximum atomic E-state index is 12.6. The average molecular weight is 376 g/mol. The molecule has 6 nitrogen and oxygen atoms in total. The number of nitrogens with zero attached hydrogens (tertiary/aromatic N) is 2. The Morgan fingerprint density at radius 2 is 2.11 bits per heavy atom. The van der Waals surface area contributed by atoms with Gasteiger partial charge in [-0.1, -0.05) is 18.2 Å². The van der Waals surface area contributed by atoms with Crippen LogP contribution in [0.25, 0.3) is 22.0 Å². The molecule has 2 heterocycles. The zero-order chi connectivity index (χ0) is 19.5. The second-order valence-electron chi connectivity index (χ2n) is 7.18. The molecule has 1 aliphatic rings. The molecule has 1 fully saturated rings. The van der Waals surface area contributed by atoms with Gasteiger partial charge in [-0.2, -0.15) is 0 Å². The summed E-state index contributed by atoms with van der Waals surface area (Å²) in [6.07, 6.45) is 1.73. The quantitative estimate of drug-likeness (QED) is 0.731. The Morgan fingerprint density at radius 1 is 1.25 bits per heavy atom. The summed E-state index contributed by atoms with van der Waals surface area (Å²) in [4.78, 5) is 19.2. The van der Waals surface area contributed by atoms with E-state index in [9.17, 15) is 4.79 Å². The number of nitrogens with one attached hydrogen (secondary N) is 1. The van der Waals surface area contributed by atoms with Crippen molar-refractivity contribution >= 4 is 22.5 Å². The minimum Gasteiger partial charge on any atom is -0.398 e. The Balaban J connectivity index is 1.51. The number of hydrogen-bond acceptors (Lipinski definition) is 5. The second kappa shape index (κ2) is 7.96. The van der Waals surface area contributed by atoms with Crippen LogP contribution in [-0.4, -0.2) is 55.2 Å². The molecule has 144 valence electrons. The van der Waals surface area contributed by atoms with E-state index >= 15 is 0 Å². The Kier molecular flexibility index (Phi) is 5.23. The fourth-order valence-corrected chi connectivity index (χ4v) is 3.49. The van der Waals surface area contributed by atoms with Crippen LogP contribution in [0.5, 0.6) is 0 Å². The van der Waals surface area contributed by atoms with Gasteiger partial charge in [0.05, 0.1) is 18.2 Å². The van der Waals surface area contributed by atoms with Gasteiger partial charge in [-0.25, -0.2) is 0 Å². The number of pyridine rings is 1. The summed E-state index contributed by atoms with van der Waals surface area (Å²) in [5.41, 5.74) is 10.2. The van der Waals surface area contributed by atoms with Crippen LogP contribution in [0.3, 0.4) is 0 Å². The molecule has 0 radical (unpaired) electrons. The molecule has 28 heavy (non-hydrogen) atoms. The Labute approximate surface area is 164 Å². The van der Waals surface area contributed by atoms with Crippen molar-refractivity contribution in [2.75, 3.05) is 39.0 Å². The highest BCUT2D eigenvalue weighted by Gasteiger charge is 2.18. The van der Waals surface area contributed by atoms with E-state index in [2.05, 4.69) is 22.2 Å². The van der Waals surface area contributed by atoms with Crippen molar-refractivity contribution in [3.63, 3.8) is 0 Å². The molecule has 4 rings (SSSR count). The van der Waals surface area contributed by atoms with Crippen LogP contribution in [-0.2, 0) is 4.74 Å². The number of nitrogens with two attached hydrogens (primary N) is 1. The first kappa shape index (κ1) is 18.4. The number of fused-ring (bicyclic) bond motifs is 1. The zero-order valence-corrected chi connectivity index (χ0v) is 15.9. The van der Waals surface area contributed by atoms with Gasteiger partial charge in [-0.15, -0.1) is 0 Å². The number of anilines is 1. The zero-order valence-electron chi connectivity index (χ0n) is 15.9. The highest BCUT2D eigenvalue weighted by molar-refractivity contribution is 5.97. The van der Waals surface area contributed by atoms with Crippen LogP contribution < -0.4 is 11.1 Å². The van der Waals surface area contributed by atoms with Crippen molar-refractivity contribution in [2.24, 2.45) is 0 Å². The third-order valence-electron chi connectivity index (χ3n) is 5.07.